The van der Waals surface area contributed by atoms with Crippen molar-refractivity contribution in [1.82, 2.24) is 0 Å². The minimum atomic E-state index is 0. The Morgan fingerprint density at radius 2 is 1.78 bits per heavy atom. The van der Waals surface area contributed by atoms with Crippen molar-refractivity contribution in [1.29, 1.82) is 0 Å². The van der Waals surface area contributed by atoms with E-state index >= 15 is 0 Å². The van der Waals surface area contributed by atoms with Crippen molar-refractivity contribution in [3.05, 3.63) is 42.0 Å². The Hall–Kier alpha value is -1.25. The molecule has 2 nitrogen and oxygen atoms in total. The summed E-state index contributed by atoms with van der Waals surface area (Å²) < 4.78 is 5.49. The van der Waals surface area contributed by atoms with Crippen LogP contribution in [-0.4, -0.2) is 12.6 Å². The first-order chi connectivity index (χ1) is 8.19. The fourth-order valence-electron chi connectivity index (χ4n) is 2.03. The average molecular weight is 266 g/mol. The van der Waals surface area contributed by atoms with Gasteiger partial charge in [-0.05, 0) is 48.7 Å². The van der Waals surface area contributed by atoms with Gasteiger partial charge >= 0.3 is 0 Å². The van der Waals surface area contributed by atoms with Gasteiger partial charge in [-0.25, -0.2) is 0 Å². The fourth-order valence-corrected chi connectivity index (χ4v) is 2.03. The Morgan fingerprint density at radius 3 is 2.44 bits per heavy atom. The Kier molecular flexibility index (Phi) is 5.45. The van der Waals surface area contributed by atoms with Gasteiger partial charge in [0.05, 0.1) is 6.61 Å². The van der Waals surface area contributed by atoms with Gasteiger partial charge in [0.25, 0.3) is 0 Å². The predicted octanol–water partition coefficient (Wildman–Crippen LogP) is 3.55. The first kappa shape index (κ1) is 14.8. The Labute approximate surface area is 115 Å². The third-order valence-electron chi connectivity index (χ3n) is 2.74. The first-order valence-corrected chi connectivity index (χ1v) is 6.10. The Bertz CT molecular complexity index is 511. The summed E-state index contributed by atoms with van der Waals surface area (Å²) in [5.41, 5.74) is 7.10. The lowest BCUT2D eigenvalue weighted by atomic mass is 10.0. The second-order valence-corrected chi connectivity index (χ2v) is 4.46. The maximum atomic E-state index is 5.81. The van der Waals surface area contributed by atoms with Crippen LogP contribution in [0.1, 0.15) is 19.4 Å². The van der Waals surface area contributed by atoms with Crippen molar-refractivity contribution >= 4 is 23.2 Å². The zero-order valence-corrected chi connectivity index (χ0v) is 11.7. The molecule has 0 saturated heterocycles. The zero-order valence-electron chi connectivity index (χ0n) is 10.8. The summed E-state index contributed by atoms with van der Waals surface area (Å²) in [6, 6.07) is 12.9. The van der Waals surface area contributed by atoms with Crippen molar-refractivity contribution in [3.8, 4) is 5.75 Å². The van der Waals surface area contributed by atoms with Crippen LogP contribution in [0.3, 0.4) is 0 Å². The molecule has 0 spiro atoms. The number of ether oxygens (including phenoxy) is 1. The quantitative estimate of drug-likeness (QED) is 0.918. The molecule has 2 rings (SSSR count). The molecular weight excluding hydrogens is 246 g/mol. The van der Waals surface area contributed by atoms with E-state index in [0.717, 1.165) is 12.2 Å². The fraction of sp³-hybridized carbons (Fsp3) is 0.333. The summed E-state index contributed by atoms with van der Waals surface area (Å²) >= 11 is 0. The number of rotatable bonds is 4. The summed E-state index contributed by atoms with van der Waals surface area (Å²) in [5.74, 6) is 0.931. The van der Waals surface area contributed by atoms with E-state index in [1.54, 1.807) is 0 Å². The van der Waals surface area contributed by atoms with E-state index in [2.05, 4.69) is 30.3 Å². The lowest BCUT2D eigenvalue weighted by molar-refractivity contribution is 0.341. The predicted molar refractivity (Wildman–Crippen MR) is 79.7 cm³/mol. The molecule has 0 aromatic heterocycles. The number of nitrogens with two attached hydrogens (primary N) is 1. The molecule has 98 valence electrons. The summed E-state index contributed by atoms with van der Waals surface area (Å²) in [6.07, 6.45) is 0.920. The summed E-state index contributed by atoms with van der Waals surface area (Å²) in [6.45, 7) is 4.73. The van der Waals surface area contributed by atoms with Crippen molar-refractivity contribution in [3.63, 3.8) is 0 Å². The molecule has 0 bridgehead atoms. The van der Waals surface area contributed by atoms with Crippen LogP contribution in [0.5, 0.6) is 5.75 Å². The van der Waals surface area contributed by atoms with E-state index in [0.29, 0.717) is 6.61 Å². The molecule has 0 amide bonds. The van der Waals surface area contributed by atoms with E-state index in [1.807, 2.05) is 19.9 Å². The van der Waals surface area contributed by atoms with E-state index in [9.17, 15) is 0 Å². The molecule has 3 heteroatoms. The van der Waals surface area contributed by atoms with Crippen molar-refractivity contribution < 1.29 is 4.74 Å². The van der Waals surface area contributed by atoms with E-state index in [4.69, 9.17) is 10.5 Å². The molecule has 2 aromatic carbocycles. The second kappa shape index (κ2) is 6.62. The number of hydrogen-bond acceptors (Lipinski definition) is 2. The molecule has 2 aromatic rings. The Balaban J connectivity index is 0.00000162. The standard InChI is InChI=1S/C15H19NO.ClH/c1-3-17-15-7-6-13-9-12(8-11(2)16)4-5-14(13)10-15;/h4-7,9-11H,3,8,16H2,1-2H3;1H. The van der Waals surface area contributed by atoms with E-state index in [1.165, 1.54) is 16.3 Å². The highest BCUT2D eigenvalue weighted by Gasteiger charge is 2.01. The lowest BCUT2D eigenvalue weighted by Gasteiger charge is -2.08. The number of halogens is 1. The van der Waals surface area contributed by atoms with Gasteiger partial charge in [-0.15, -0.1) is 12.4 Å². The molecule has 0 radical (unpaired) electrons. The van der Waals surface area contributed by atoms with Crippen LogP contribution >= 0.6 is 12.4 Å². The summed E-state index contributed by atoms with van der Waals surface area (Å²) in [5, 5.41) is 2.45. The number of fused-ring (bicyclic) bond motifs is 1. The van der Waals surface area contributed by atoms with Gasteiger partial charge in [0.2, 0.25) is 0 Å². The molecule has 0 aliphatic heterocycles. The Morgan fingerprint density at radius 1 is 1.11 bits per heavy atom. The van der Waals surface area contributed by atoms with Crippen LogP contribution in [0.4, 0.5) is 0 Å². The molecule has 0 fully saturated rings. The maximum Gasteiger partial charge on any atom is 0.119 e. The molecule has 0 heterocycles. The summed E-state index contributed by atoms with van der Waals surface area (Å²) in [4.78, 5) is 0. The van der Waals surface area contributed by atoms with E-state index < -0.39 is 0 Å². The van der Waals surface area contributed by atoms with Gasteiger partial charge in [-0.1, -0.05) is 24.3 Å². The molecule has 0 aliphatic rings. The van der Waals surface area contributed by atoms with Crippen molar-refractivity contribution in [2.45, 2.75) is 26.3 Å². The zero-order chi connectivity index (χ0) is 12.3. The molecule has 18 heavy (non-hydrogen) atoms. The summed E-state index contributed by atoms with van der Waals surface area (Å²) in [7, 11) is 0. The molecule has 0 saturated carbocycles. The van der Waals surface area contributed by atoms with Crippen LogP contribution in [0.15, 0.2) is 36.4 Å². The highest BCUT2D eigenvalue weighted by molar-refractivity contribution is 5.85. The van der Waals surface area contributed by atoms with Gasteiger partial charge in [0.1, 0.15) is 5.75 Å². The van der Waals surface area contributed by atoms with Crippen LogP contribution in [-0.2, 0) is 6.42 Å². The third kappa shape index (κ3) is 3.62. The van der Waals surface area contributed by atoms with Gasteiger partial charge in [-0.2, -0.15) is 0 Å². The van der Waals surface area contributed by atoms with Gasteiger partial charge in [-0.3, -0.25) is 0 Å². The maximum absolute atomic E-state index is 5.81. The monoisotopic (exact) mass is 265 g/mol. The van der Waals surface area contributed by atoms with Crippen LogP contribution < -0.4 is 10.5 Å². The third-order valence-corrected chi connectivity index (χ3v) is 2.74. The normalized spacial score (nSPS) is 11.9. The van der Waals surface area contributed by atoms with Gasteiger partial charge in [0.15, 0.2) is 0 Å². The first-order valence-electron chi connectivity index (χ1n) is 6.10. The van der Waals surface area contributed by atoms with Crippen molar-refractivity contribution in [2.75, 3.05) is 6.61 Å². The lowest BCUT2D eigenvalue weighted by Crippen LogP contribution is -2.17. The minimum Gasteiger partial charge on any atom is -0.494 e. The van der Waals surface area contributed by atoms with Crippen LogP contribution in [0, 0.1) is 0 Å². The molecule has 0 aliphatic carbocycles. The largest absolute Gasteiger partial charge is 0.494 e. The molecule has 1 unspecified atom stereocenters. The molecular formula is C15H20ClNO. The second-order valence-electron chi connectivity index (χ2n) is 4.46. The molecule has 2 N–H and O–H groups in total. The topological polar surface area (TPSA) is 35.2 Å². The number of hydrogen-bond donors (Lipinski definition) is 1. The average Bonchev–Trinajstić information content (AvgIpc) is 2.29. The van der Waals surface area contributed by atoms with E-state index in [-0.39, 0.29) is 18.4 Å². The highest BCUT2D eigenvalue weighted by Crippen LogP contribution is 2.22. The van der Waals surface area contributed by atoms with Crippen molar-refractivity contribution in [2.24, 2.45) is 5.73 Å². The van der Waals surface area contributed by atoms with Gasteiger partial charge < -0.3 is 10.5 Å². The van der Waals surface area contributed by atoms with Crippen LogP contribution in [0.25, 0.3) is 10.8 Å². The number of benzene rings is 2. The minimum absolute atomic E-state index is 0. The van der Waals surface area contributed by atoms with Crippen LogP contribution in [0.2, 0.25) is 0 Å². The van der Waals surface area contributed by atoms with Gasteiger partial charge in [0, 0.05) is 6.04 Å². The smallest absolute Gasteiger partial charge is 0.119 e. The molecule has 1 atom stereocenters. The highest BCUT2D eigenvalue weighted by atomic mass is 35.5. The SMILES string of the molecule is CCOc1ccc2cc(CC(C)N)ccc2c1.Cl.